The molecule has 3 heterocycles. The van der Waals surface area contributed by atoms with Crippen molar-refractivity contribution in [1.29, 1.82) is 0 Å². The van der Waals surface area contributed by atoms with E-state index in [-0.39, 0.29) is 23.6 Å². The number of amides is 2. The number of ether oxygens (including phenoxy) is 1. The summed E-state index contributed by atoms with van der Waals surface area (Å²) < 4.78 is 8.05. The summed E-state index contributed by atoms with van der Waals surface area (Å²) in [5, 5.41) is 14.1. The van der Waals surface area contributed by atoms with E-state index >= 15 is 0 Å². The molecule has 2 atom stereocenters. The van der Waals surface area contributed by atoms with E-state index in [4.69, 9.17) is 12.6 Å². The molecule has 0 aliphatic heterocycles. The molecule has 2 radical (unpaired) electrons. The van der Waals surface area contributed by atoms with Crippen LogP contribution in [0.5, 0.6) is 5.75 Å². The van der Waals surface area contributed by atoms with E-state index in [1.54, 1.807) is 10.6 Å². The fourth-order valence-corrected chi connectivity index (χ4v) is 4.60. The van der Waals surface area contributed by atoms with Crippen LogP contribution >= 0.6 is 0 Å². The molecular weight excluding hydrogens is 451 g/mol. The van der Waals surface area contributed by atoms with E-state index in [2.05, 4.69) is 52.7 Å². The first-order chi connectivity index (χ1) is 17.2. The first kappa shape index (κ1) is 23.8. The predicted octanol–water partition coefficient (Wildman–Crippen LogP) is 4.30. The average Bonchev–Trinajstić information content (AvgIpc) is 3.20. The molecule has 2 amide bonds. The first-order valence-electron chi connectivity index (χ1n) is 12.1. The quantitative estimate of drug-likeness (QED) is 0.425. The highest BCUT2D eigenvalue weighted by Gasteiger charge is 2.29. The van der Waals surface area contributed by atoms with Gasteiger partial charge in [0.2, 0.25) is 0 Å². The Morgan fingerprint density at radius 1 is 1.08 bits per heavy atom. The molecule has 2 N–H and O–H groups in total. The third-order valence-corrected chi connectivity index (χ3v) is 6.40. The summed E-state index contributed by atoms with van der Waals surface area (Å²) in [5.41, 5.74) is 5.52. The Hall–Kier alpha value is -3.88. The minimum Gasteiger partial charge on any atom is -0.484 e. The number of urea groups is 1. The molecule has 182 valence electrons. The van der Waals surface area contributed by atoms with Crippen molar-refractivity contribution in [1.82, 2.24) is 24.9 Å². The monoisotopic (exact) mass is 480 g/mol. The van der Waals surface area contributed by atoms with Crippen LogP contribution in [0.15, 0.2) is 54.7 Å². The molecule has 8 nitrogen and oxygen atoms in total. The number of hydrogen-bond acceptors (Lipinski definition) is 5. The lowest BCUT2D eigenvalue weighted by Crippen LogP contribution is -2.35. The van der Waals surface area contributed by atoms with Gasteiger partial charge in [-0.05, 0) is 55.2 Å². The molecule has 0 bridgehead atoms. The van der Waals surface area contributed by atoms with Crippen LogP contribution in [0.1, 0.15) is 68.3 Å². The van der Waals surface area contributed by atoms with Gasteiger partial charge in [-0.15, -0.1) is 10.2 Å². The van der Waals surface area contributed by atoms with Gasteiger partial charge in [-0.3, -0.25) is 9.38 Å². The van der Waals surface area contributed by atoms with Crippen molar-refractivity contribution in [3.8, 4) is 5.75 Å². The normalized spacial score (nSPS) is 17.4. The van der Waals surface area contributed by atoms with E-state index in [1.165, 1.54) is 0 Å². The molecular formula is C27H29BN6O2. The van der Waals surface area contributed by atoms with Gasteiger partial charge in [0.1, 0.15) is 11.9 Å². The molecule has 0 fully saturated rings. The SMILES string of the molecule is [B]c1nnc2ccc(O[C@@H]3CC[C@H](NC(=O)Nc4cc(C)nc(C(C)(C)C)c4)c4ccccc43)cn12. The van der Waals surface area contributed by atoms with Crippen LogP contribution in [0.3, 0.4) is 0 Å². The molecule has 1 aliphatic rings. The zero-order valence-electron chi connectivity index (χ0n) is 20.9. The van der Waals surface area contributed by atoms with Crippen molar-refractivity contribution < 1.29 is 9.53 Å². The van der Waals surface area contributed by atoms with Gasteiger partial charge in [0.25, 0.3) is 0 Å². The summed E-state index contributed by atoms with van der Waals surface area (Å²) in [6.07, 6.45) is 3.15. The molecule has 0 unspecified atom stereocenters. The van der Waals surface area contributed by atoms with Crippen LogP contribution in [-0.2, 0) is 5.41 Å². The standard InChI is InChI=1S/C27H29BN6O2/c1-16-13-17(14-23(29-16)27(2,3)4)30-26(35)31-21-10-11-22(20-8-6-5-7-19(20)21)36-18-9-12-24-32-33-25(28)34(24)15-18/h5-9,12-15,21-22H,10-11H2,1-4H3,(H2,29,30,31,35)/t21-,22+/m0/s1. The second-order valence-corrected chi connectivity index (χ2v) is 10.2. The molecule has 4 aromatic rings. The van der Waals surface area contributed by atoms with Crippen LogP contribution in [0.4, 0.5) is 10.5 Å². The molecule has 0 saturated carbocycles. The number of anilines is 1. The number of benzene rings is 1. The maximum atomic E-state index is 13.0. The number of nitrogens with one attached hydrogen (secondary N) is 2. The number of nitrogens with zero attached hydrogens (tertiary/aromatic N) is 4. The van der Waals surface area contributed by atoms with Gasteiger partial charge in [0, 0.05) is 22.5 Å². The summed E-state index contributed by atoms with van der Waals surface area (Å²) in [6.45, 7) is 8.26. The van der Waals surface area contributed by atoms with Gasteiger partial charge in [0.05, 0.1) is 18.0 Å². The van der Waals surface area contributed by atoms with E-state index in [1.807, 2.05) is 49.4 Å². The van der Waals surface area contributed by atoms with Gasteiger partial charge in [-0.1, -0.05) is 45.0 Å². The van der Waals surface area contributed by atoms with Gasteiger partial charge in [-0.25, -0.2) is 4.79 Å². The van der Waals surface area contributed by atoms with E-state index < -0.39 is 0 Å². The molecule has 5 rings (SSSR count). The Morgan fingerprint density at radius 3 is 2.64 bits per heavy atom. The maximum absolute atomic E-state index is 13.0. The van der Waals surface area contributed by atoms with Crippen molar-refractivity contribution in [3.05, 3.63) is 77.2 Å². The van der Waals surface area contributed by atoms with Crippen molar-refractivity contribution in [2.75, 3.05) is 5.32 Å². The third kappa shape index (κ3) is 4.91. The van der Waals surface area contributed by atoms with E-state index in [0.717, 1.165) is 41.0 Å². The number of hydrogen-bond donors (Lipinski definition) is 2. The summed E-state index contributed by atoms with van der Waals surface area (Å²) in [4.78, 5) is 17.6. The Bertz CT molecular complexity index is 1430. The maximum Gasteiger partial charge on any atom is 0.319 e. The Morgan fingerprint density at radius 2 is 1.86 bits per heavy atom. The zero-order chi connectivity index (χ0) is 25.4. The lowest BCUT2D eigenvalue weighted by Gasteiger charge is -2.32. The van der Waals surface area contributed by atoms with Gasteiger partial charge >= 0.3 is 6.03 Å². The largest absolute Gasteiger partial charge is 0.484 e. The highest BCUT2D eigenvalue weighted by molar-refractivity contribution is 6.29. The molecule has 0 saturated heterocycles. The summed E-state index contributed by atoms with van der Waals surface area (Å²) in [6, 6.07) is 15.2. The van der Waals surface area contributed by atoms with Crippen LogP contribution < -0.4 is 21.1 Å². The number of carbonyl (C=O) groups excluding carboxylic acids is 1. The van der Waals surface area contributed by atoms with E-state index in [9.17, 15) is 4.79 Å². The topological polar surface area (TPSA) is 93.4 Å². The Balaban J connectivity index is 1.31. The van der Waals surface area contributed by atoms with Crippen LogP contribution in [0.2, 0.25) is 0 Å². The van der Waals surface area contributed by atoms with Crippen LogP contribution in [-0.4, -0.2) is 33.5 Å². The Labute approximate surface area is 211 Å². The number of aryl methyl sites for hydroxylation is 1. The molecule has 36 heavy (non-hydrogen) atoms. The fourth-order valence-electron chi connectivity index (χ4n) is 4.60. The number of pyridine rings is 2. The number of fused-ring (bicyclic) bond motifs is 2. The molecule has 1 aliphatic carbocycles. The lowest BCUT2D eigenvalue weighted by atomic mass is 9.85. The average molecular weight is 480 g/mol. The van der Waals surface area contributed by atoms with Crippen molar-refractivity contribution in [2.45, 2.75) is 58.1 Å². The first-order valence-corrected chi connectivity index (χ1v) is 12.1. The second kappa shape index (κ2) is 9.30. The van der Waals surface area contributed by atoms with Crippen molar-refractivity contribution >= 4 is 30.9 Å². The summed E-state index contributed by atoms with van der Waals surface area (Å²) in [7, 11) is 5.90. The number of rotatable bonds is 4. The minimum atomic E-state index is -0.242. The fraction of sp³-hybridized carbons (Fsp3) is 0.333. The zero-order valence-corrected chi connectivity index (χ0v) is 20.9. The lowest BCUT2D eigenvalue weighted by molar-refractivity contribution is 0.172. The minimum absolute atomic E-state index is 0.110. The predicted molar refractivity (Wildman–Crippen MR) is 140 cm³/mol. The second-order valence-electron chi connectivity index (χ2n) is 10.2. The molecule has 0 spiro atoms. The summed E-state index contributed by atoms with van der Waals surface area (Å²) in [5.74, 6) is 0.681. The van der Waals surface area contributed by atoms with Crippen molar-refractivity contribution in [2.24, 2.45) is 0 Å². The van der Waals surface area contributed by atoms with Gasteiger partial charge in [-0.2, -0.15) is 0 Å². The van der Waals surface area contributed by atoms with Gasteiger partial charge < -0.3 is 15.4 Å². The molecule has 1 aromatic carbocycles. The highest BCUT2D eigenvalue weighted by Crippen LogP contribution is 2.38. The molecule has 3 aromatic heterocycles. The van der Waals surface area contributed by atoms with Crippen molar-refractivity contribution in [3.63, 3.8) is 0 Å². The highest BCUT2D eigenvalue weighted by atomic mass is 16.5. The summed E-state index contributed by atoms with van der Waals surface area (Å²) >= 11 is 0. The van der Waals surface area contributed by atoms with Gasteiger partial charge in [0.15, 0.2) is 13.5 Å². The van der Waals surface area contributed by atoms with E-state index in [0.29, 0.717) is 17.1 Å². The number of aromatic nitrogens is 4. The number of carbonyl (C=O) groups is 1. The van der Waals surface area contributed by atoms with Crippen LogP contribution in [0.25, 0.3) is 5.65 Å². The molecule has 9 heteroatoms. The smallest absolute Gasteiger partial charge is 0.319 e. The van der Waals surface area contributed by atoms with Crippen LogP contribution in [0, 0.1) is 6.92 Å². The Kier molecular flexibility index (Phi) is 6.16. The third-order valence-electron chi connectivity index (χ3n) is 6.40.